The third-order valence-corrected chi connectivity index (χ3v) is 1.90. The highest BCUT2D eigenvalue weighted by molar-refractivity contribution is 5.77. The van der Waals surface area contributed by atoms with Gasteiger partial charge in [-0.15, -0.1) is 0 Å². The largest absolute Gasteiger partial charge is 0.346 e. The number of likely N-dealkylation sites (tertiary alicyclic amines) is 1. The molecule has 1 amide bonds. The molecule has 0 aromatic rings. The first kappa shape index (κ1) is 7.50. The lowest BCUT2D eigenvalue weighted by Gasteiger charge is -2.27. The summed E-state index contributed by atoms with van der Waals surface area (Å²) in [7, 11) is 1.81. The molecule has 0 bridgehead atoms. The molecule has 4 nitrogen and oxygen atoms in total. The maximum absolute atomic E-state index is 11.0. The van der Waals surface area contributed by atoms with E-state index in [4.69, 9.17) is 5.84 Å². The maximum Gasteiger partial charge on any atom is 0.223 e. The van der Waals surface area contributed by atoms with E-state index in [1.807, 2.05) is 7.05 Å². The quantitative estimate of drug-likeness (QED) is 0.368. The van der Waals surface area contributed by atoms with Crippen molar-refractivity contribution in [3.63, 3.8) is 0 Å². The summed E-state index contributed by atoms with van der Waals surface area (Å²) in [5.74, 6) is 5.37. The Labute approximate surface area is 60.3 Å². The minimum Gasteiger partial charge on any atom is -0.346 e. The second-order valence-electron chi connectivity index (χ2n) is 2.67. The molecular weight excluding hydrogens is 130 g/mol. The van der Waals surface area contributed by atoms with E-state index in [1.165, 1.54) is 0 Å². The SMILES string of the molecule is CN1CCC(NN)CC1=O. The number of amides is 1. The van der Waals surface area contributed by atoms with Gasteiger partial charge < -0.3 is 4.90 Å². The standard InChI is InChI=1S/C6H13N3O/c1-9-3-2-5(8-7)4-6(9)10/h5,8H,2-4,7H2,1H3. The molecule has 0 saturated carbocycles. The van der Waals surface area contributed by atoms with E-state index in [0.29, 0.717) is 6.42 Å². The lowest BCUT2D eigenvalue weighted by molar-refractivity contribution is -0.132. The predicted molar refractivity (Wildman–Crippen MR) is 38.0 cm³/mol. The average Bonchev–Trinajstić information content (AvgIpc) is 1.95. The lowest BCUT2D eigenvalue weighted by Crippen LogP contribution is -2.46. The molecule has 1 unspecified atom stereocenters. The second kappa shape index (κ2) is 2.98. The molecule has 58 valence electrons. The first-order valence-corrected chi connectivity index (χ1v) is 3.44. The van der Waals surface area contributed by atoms with E-state index in [0.717, 1.165) is 13.0 Å². The predicted octanol–water partition coefficient (Wildman–Crippen LogP) is -0.929. The van der Waals surface area contributed by atoms with Gasteiger partial charge in [0.25, 0.3) is 0 Å². The van der Waals surface area contributed by atoms with Crippen molar-refractivity contribution in [2.24, 2.45) is 5.84 Å². The molecule has 0 spiro atoms. The summed E-state index contributed by atoms with van der Waals surface area (Å²) in [5, 5.41) is 0. The van der Waals surface area contributed by atoms with Crippen LogP contribution in [0.1, 0.15) is 12.8 Å². The van der Waals surface area contributed by atoms with Gasteiger partial charge in [-0.25, -0.2) is 0 Å². The number of nitrogens with one attached hydrogen (secondary N) is 1. The highest BCUT2D eigenvalue weighted by atomic mass is 16.2. The molecule has 1 saturated heterocycles. The van der Waals surface area contributed by atoms with Gasteiger partial charge in [0, 0.05) is 26.1 Å². The normalized spacial score (nSPS) is 27.2. The zero-order valence-corrected chi connectivity index (χ0v) is 6.13. The summed E-state index contributed by atoms with van der Waals surface area (Å²) in [6.45, 7) is 0.813. The molecule has 3 N–H and O–H groups in total. The Morgan fingerprint density at radius 1 is 1.80 bits per heavy atom. The zero-order valence-electron chi connectivity index (χ0n) is 6.13. The molecule has 0 aromatic carbocycles. The van der Waals surface area contributed by atoms with E-state index in [-0.39, 0.29) is 11.9 Å². The van der Waals surface area contributed by atoms with E-state index in [1.54, 1.807) is 4.90 Å². The van der Waals surface area contributed by atoms with Crippen molar-refractivity contribution in [3.05, 3.63) is 0 Å². The van der Waals surface area contributed by atoms with Crippen molar-refractivity contribution >= 4 is 5.91 Å². The minimum atomic E-state index is 0.175. The number of hydrogen-bond acceptors (Lipinski definition) is 3. The minimum absolute atomic E-state index is 0.175. The number of hydrazine groups is 1. The molecule has 1 rings (SSSR count). The summed E-state index contributed by atoms with van der Waals surface area (Å²) in [6, 6.07) is 0.184. The monoisotopic (exact) mass is 143 g/mol. The molecule has 1 heterocycles. The number of nitrogens with two attached hydrogens (primary N) is 1. The third kappa shape index (κ3) is 1.46. The van der Waals surface area contributed by atoms with Crippen molar-refractivity contribution in [2.45, 2.75) is 18.9 Å². The van der Waals surface area contributed by atoms with Gasteiger partial charge in [-0.05, 0) is 6.42 Å². The molecule has 1 atom stereocenters. The Kier molecular flexibility index (Phi) is 2.24. The van der Waals surface area contributed by atoms with Crippen LogP contribution < -0.4 is 11.3 Å². The number of carbonyl (C=O) groups is 1. The van der Waals surface area contributed by atoms with Crippen LogP contribution in [0.4, 0.5) is 0 Å². The molecule has 1 fully saturated rings. The number of nitrogens with zero attached hydrogens (tertiary/aromatic N) is 1. The van der Waals surface area contributed by atoms with Crippen LogP contribution in [0.25, 0.3) is 0 Å². The van der Waals surface area contributed by atoms with Crippen LogP contribution in [0, 0.1) is 0 Å². The van der Waals surface area contributed by atoms with Crippen LogP contribution in [-0.2, 0) is 4.79 Å². The summed E-state index contributed by atoms with van der Waals surface area (Å²) in [4.78, 5) is 12.7. The van der Waals surface area contributed by atoms with Gasteiger partial charge in [0.1, 0.15) is 0 Å². The zero-order chi connectivity index (χ0) is 7.56. The molecule has 0 aliphatic carbocycles. The fraction of sp³-hybridized carbons (Fsp3) is 0.833. The number of carbonyl (C=O) groups excluding carboxylic acids is 1. The van der Waals surface area contributed by atoms with Crippen LogP contribution in [0.3, 0.4) is 0 Å². The molecule has 1 aliphatic heterocycles. The second-order valence-corrected chi connectivity index (χ2v) is 2.67. The van der Waals surface area contributed by atoms with Crippen LogP contribution in [-0.4, -0.2) is 30.4 Å². The Morgan fingerprint density at radius 2 is 2.50 bits per heavy atom. The van der Waals surface area contributed by atoms with Gasteiger partial charge >= 0.3 is 0 Å². The third-order valence-electron chi connectivity index (χ3n) is 1.90. The van der Waals surface area contributed by atoms with E-state index in [2.05, 4.69) is 5.43 Å². The fourth-order valence-electron chi connectivity index (χ4n) is 1.09. The summed E-state index contributed by atoms with van der Waals surface area (Å²) >= 11 is 0. The van der Waals surface area contributed by atoms with Gasteiger partial charge in [0.2, 0.25) is 5.91 Å². The summed E-state index contributed by atoms with van der Waals surface area (Å²) in [6.07, 6.45) is 1.49. The van der Waals surface area contributed by atoms with Crippen molar-refractivity contribution in [1.82, 2.24) is 10.3 Å². The maximum atomic E-state index is 11.0. The molecule has 4 heteroatoms. The summed E-state index contributed by atoms with van der Waals surface area (Å²) in [5.41, 5.74) is 2.61. The first-order chi connectivity index (χ1) is 4.74. The van der Waals surface area contributed by atoms with Crippen LogP contribution in [0.2, 0.25) is 0 Å². The van der Waals surface area contributed by atoms with Crippen LogP contribution in [0.5, 0.6) is 0 Å². The Balaban J connectivity index is 2.41. The van der Waals surface area contributed by atoms with E-state index in [9.17, 15) is 4.79 Å². The topological polar surface area (TPSA) is 58.4 Å². The molecule has 10 heavy (non-hydrogen) atoms. The van der Waals surface area contributed by atoms with Gasteiger partial charge in [-0.1, -0.05) is 0 Å². The van der Waals surface area contributed by atoms with Gasteiger partial charge in [-0.2, -0.15) is 0 Å². The van der Waals surface area contributed by atoms with Crippen molar-refractivity contribution in [3.8, 4) is 0 Å². The number of hydrogen-bond donors (Lipinski definition) is 2. The van der Waals surface area contributed by atoms with Crippen molar-refractivity contribution < 1.29 is 4.79 Å². The molecule has 0 radical (unpaired) electrons. The van der Waals surface area contributed by atoms with Crippen molar-refractivity contribution in [2.75, 3.05) is 13.6 Å². The lowest BCUT2D eigenvalue weighted by atomic mass is 10.1. The number of rotatable bonds is 1. The molecule has 1 aliphatic rings. The Hall–Kier alpha value is -0.610. The first-order valence-electron chi connectivity index (χ1n) is 3.44. The highest BCUT2D eigenvalue weighted by Gasteiger charge is 2.21. The summed E-state index contributed by atoms with van der Waals surface area (Å²) < 4.78 is 0. The molecule has 0 aromatic heterocycles. The van der Waals surface area contributed by atoms with Crippen molar-refractivity contribution in [1.29, 1.82) is 0 Å². The van der Waals surface area contributed by atoms with Crippen LogP contribution >= 0.6 is 0 Å². The van der Waals surface area contributed by atoms with Gasteiger partial charge in [-0.3, -0.25) is 16.1 Å². The van der Waals surface area contributed by atoms with Gasteiger partial charge in [0.15, 0.2) is 0 Å². The Bertz CT molecular complexity index is 137. The van der Waals surface area contributed by atoms with Gasteiger partial charge in [0.05, 0.1) is 0 Å². The van der Waals surface area contributed by atoms with Crippen LogP contribution in [0.15, 0.2) is 0 Å². The highest BCUT2D eigenvalue weighted by Crippen LogP contribution is 2.08. The Morgan fingerprint density at radius 3 is 3.00 bits per heavy atom. The average molecular weight is 143 g/mol. The molecular formula is C6H13N3O. The smallest absolute Gasteiger partial charge is 0.223 e. The van der Waals surface area contributed by atoms with E-state index >= 15 is 0 Å². The van der Waals surface area contributed by atoms with E-state index < -0.39 is 0 Å². The number of piperidine rings is 1. The fourth-order valence-corrected chi connectivity index (χ4v) is 1.09.